The van der Waals surface area contributed by atoms with Crippen molar-refractivity contribution >= 4 is 27.6 Å². The van der Waals surface area contributed by atoms with Gasteiger partial charge in [-0.3, -0.25) is 4.90 Å². The van der Waals surface area contributed by atoms with Crippen LogP contribution in [0.3, 0.4) is 0 Å². The molecule has 2 rings (SSSR count). The van der Waals surface area contributed by atoms with Crippen molar-refractivity contribution in [2.45, 2.75) is 26.0 Å². The largest absolute Gasteiger partial charge is 0.459 e. The van der Waals surface area contributed by atoms with E-state index in [0.29, 0.717) is 28.4 Å². The summed E-state index contributed by atoms with van der Waals surface area (Å²) in [6, 6.07) is 5.61. The van der Waals surface area contributed by atoms with Gasteiger partial charge in [-0.1, -0.05) is 6.07 Å². The average molecular weight is 357 g/mol. The van der Waals surface area contributed by atoms with E-state index in [2.05, 4.69) is 34.7 Å². The normalized spacial score (nSPS) is 19.7. The van der Waals surface area contributed by atoms with Gasteiger partial charge < -0.3 is 15.2 Å². The fourth-order valence-corrected chi connectivity index (χ4v) is 2.69. The van der Waals surface area contributed by atoms with Crippen molar-refractivity contribution in [1.82, 2.24) is 4.90 Å². The Morgan fingerprint density at radius 3 is 3.05 bits per heavy atom. The predicted octanol–water partition coefficient (Wildman–Crippen LogP) is 2.30. The third-order valence-corrected chi connectivity index (χ3v) is 4.43. The van der Waals surface area contributed by atoms with Crippen LogP contribution >= 0.6 is 15.9 Å². The fraction of sp³-hybridized carbons (Fsp3) is 0.533. The highest BCUT2D eigenvalue weighted by molar-refractivity contribution is 9.10. The molecule has 1 atom stereocenters. The first kappa shape index (κ1) is 16.3. The number of benzene rings is 1. The highest BCUT2D eigenvalue weighted by Gasteiger charge is 2.24. The van der Waals surface area contributed by atoms with Crippen molar-refractivity contribution in [3.63, 3.8) is 0 Å². The smallest absolute Gasteiger partial charge is 0.339 e. The van der Waals surface area contributed by atoms with Crippen molar-refractivity contribution < 1.29 is 14.3 Å². The first-order valence-electron chi connectivity index (χ1n) is 7.05. The van der Waals surface area contributed by atoms with E-state index in [9.17, 15) is 4.79 Å². The van der Waals surface area contributed by atoms with Crippen molar-refractivity contribution in [1.29, 1.82) is 0 Å². The van der Waals surface area contributed by atoms with Crippen LogP contribution < -0.4 is 5.73 Å². The van der Waals surface area contributed by atoms with Gasteiger partial charge in [-0.05, 0) is 41.9 Å². The van der Waals surface area contributed by atoms with Gasteiger partial charge in [-0.2, -0.15) is 0 Å². The number of halogens is 1. The standard InChI is InChI=1S/C15H21BrN2O3/c1-10(2)18-6-7-20-11(8-18)9-21-15(19)12-4-3-5-13(17)14(12)16/h3-5,10-11H,6-9,17H2,1-2H3. The highest BCUT2D eigenvalue weighted by Crippen LogP contribution is 2.24. The van der Waals surface area contributed by atoms with Gasteiger partial charge >= 0.3 is 5.97 Å². The Kier molecular flexibility index (Phi) is 5.61. The lowest BCUT2D eigenvalue weighted by Gasteiger charge is -2.35. The van der Waals surface area contributed by atoms with Gasteiger partial charge in [0.2, 0.25) is 0 Å². The van der Waals surface area contributed by atoms with Crippen LogP contribution in [-0.4, -0.2) is 49.3 Å². The van der Waals surface area contributed by atoms with Gasteiger partial charge in [0, 0.05) is 24.8 Å². The molecule has 1 saturated heterocycles. The SMILES string of the molecule is CC(C)N1CCOC(COC(=O)c2cccc(N)c2Br)C1. The molecular formula is C15H21BrN2O3. The predicted molar refractivity (Wildman–Crippen MR) is 85.3 cm³/mol. The summed E-state index contributed by atoms with van der Waals surface area (Å²) >= 11 is 3.31. The van der Waals surface area contributed by atoms with E-state index < -0.39 is 0 Å². The van der Waals surface area contributed by atoms with Crippen molar-refractivity contribution in [2.24, 2.45) is 0 Å². The molecule has 1 aliphatic heterocycles. The maximum Gasteiger partial charge on any atom is 0.339 e. The maximum atomic E-state index is 12.1. The molecule has 0 aromatic heterocycles. The van der Waals surface area contributed by atoms with Gasteiger partial charge in [0.25, 0.3) is 0 Å². The van der Waals surface area contributed by atoms with Gasteiger partial charge in [0.1, 0.15) is 12.7 Å². The molecular weight excluding hydrogens is 336 g/mol. The van der Waals surface area contributed by atoms with Crippen LogP contribution in [0.1, 0.15) is 24.2 Å². The number of nitrogen functional groups attached to an aromatic ring is 1. The minimum absolute atomic E-state index is 0.0788. The maximum absolute atomic E-state index is 12.1. The van der Waals surface area contributed by atoms with Gasteiger partial charge in [0.05, 0.1) is 16.6 Å². The topological polar surface area (TPSA) is 64.8 Å². The van der Waals surface area contributed by atoms with Crippen molar-refractivity contribution in [3.8, 4) is 0 Å². The Labute approximate surface area is 133 Å². The molecule has 0 bridgehead atoms. The Balaban J connectivity index is 1.90. The number of nitrogens with two attached hydrogens (primary N) is 1. The van der Waals surface area contributed by atoms with Crippen molar-refractivity contribution in [2.75, 3.05) is 32.0 Å². The van der Waals surface area contributed by atoms with E-state index in [1.54, 1.807) is 18.2 Å². The first-order valence-corrected chi connectivity index (χ1v) is 7.85. The van der Waals surface area contributed by atoms with Crippen LogP contribution in [-0.2, 0) is 9.47 Å². The molecule has 0 radical (unpaired) electrons. The number of anilines is 1. The summed E-state index contributed by atoms with van der Waals surface area (Å²) in [6.07, 6.45) is -0.0788. The van der Waals surface area contributed by atoms with Crippen LogP contribution in [0, 0.1) is 0 Å². The van der Waals surface area contributed by atoms with Gasteiger partial charge in [0.15, 0.2) is 0 Å². The second-order valence-corrected chi connectivity index (χ2v) is 6.18. The number of hydrogen-bond donors (Lipinski definition) is 1. The number of ether oxygens (including phenoxy) is 2. The molecule has 116 valence electrons. The summed E-state index contributed by atoms with van der Waals surface area (Å²) in [5.74, 6) is -0.389. The number of hydrogen-bond acceptors (Lipinski definition) is 5. The number of esters is 1. The minimum atomic E-state index is -0.389. The van der Waals surface area contributed by atoms with Gasteiger partial charge in [-0.25, -0.2) is 4.79 Å². The molecule has 6 heteroatoms. The Morgan fingerprint density at radius 2 is 2.33 bits per heavy atom. The Morgan fingerprint density at radius 1 is 1.57 bits per heavy atom. The molecule has 1 heterocycles. The number of carbonyl (C=O) groups excluding carboxylic acids is 1. The molecule has 5 nitrogen and oxygen atoms in total. The summed E-state index contributed by atoms with van der Waals surface area (Å²) in [7, 11) is 0. The molecule has 1 aromatic rings. The zero-order valence-corrected chi connectivity index (χ0v) is 13.9. The summed E-state index contributed by atoms with van der Waals surface area (Å²) in [5.41, 5.74) is 6.72. The van der Waals surface area contributed by atoms with E-state index in [-0.39, 0.29) is 18.7 Å². The second kappa shape index (κ2) is 7.24. The highest BCUT2D eigenvalue weighted by atomic mass is 79.9. The van der Waals surface area contributed by atoms with E-state index in [1.807, 2.05) is 0 Å². The lowest BCUT2D eigenvalue weighted by molar-refractivity contribution is -0.0663. The van der Waals surface area contributed by atoms with Crippen LogP contribution in [0.2, 0.25) is 0 Å². The van der Waals surface area contributed by atoms with Crippen LogP contribution in [0.4, 0.5) is 5.69 Å². The molecule has 1 aliphatic rings. The molecule has 1 unspecified atom stereocenters. The quantitative estimate of drug-likeness (QED) is 0.662. The first-order chi connectivity index (χ1) is 9.99. The lowest BCUT2D eigenvalue weighted by atomic mass is 10.2. The third-order valence-electron chi connectivity index (χ3n) is 3.55. The minimum Gasteiger partial charge on any atom is -0.459 e. The zero-order chi connectivity index (χ0) is 15.4. The number of nitrogens with zero attached hydrogens (tertiary/aromatic N) is 1. The van der Waals surface area contributed by atoms with Crippen LogP contribution in [0.25, 0.3) is 0 Å². The molecule has 2 N–H and O–H groups in total. The van der Waals surface area contributed by atoms with E-state index in [4.69, 9.17) is 15.2 Å². The molecule has 1 fully saturated rings. The number of morpholine rings is 1. The fourth-order valence-electron chi connectivity index (χ4n) is 2.27. The van der Waals surface area contributed by atoms with E-state index in [1.165, 1.54) is 0 Å². The molecule has 0 spiro atoms. The van der Waals surface area contributed by atoms with Crippen LogP contribution in [0.5, 0.6) is 0 Å². The van der Waals surface area contributed by atoms with Crippen molar-refractivity contribution in [3.05, 3.63) is 28.2 Å². The third kappa shape index (κ3) is 4.18. The summed E-state index contributed by atoms with van der Waals surface area (Å²) in [5, 5.41) is 0. The molecule has 0 aliphatic carbocycles. The average Bonchev–Trinajstić information content (AvgIpc) is 2.48. The Hall–Kier alpha value is -1.11. The molecule has 1 aromatic carbocycles. The van der Waals surface area contributed by atoms with Gasteiger partial charge in [-0.15, -0.1) is 0 Å². The van der Waals surface area contributed by atoms with E-state index in [0.717, 1.165) is 13.1 Å². The number of rotatable bonds is 4. The number of carbonyl (C=O) groups is 1. The second-order valence-electron chi connectivity index (χ2n) is 5.39. The van der Waals surface area contributed by atoms with Crippen LogP contribution in [0.15, 0.2) is 22.7 Å². The van der Waals surface area contributed by atoms with E-state index >= 15 is 0 Å². The molecule has 21 heavy (non-hydrogen) atoms. The monoisotopic (exact) mass is 356 g/mol. The summed E-state index contributed by atoms with van der Waals surface area (Å²) < 4.78 is 11.6. The molecule has 0 amide bonds. The zero-order valence-electron chi connectivity index (χ0n) is 12.3. The Bertz CT molecular complexity index is 508. The summed E-state index contributed by atoms with van der Waals surface area (Å²) in [4.78, 5) is 14.4. The lowest BCUT2D eigenvalue weighted by Crippen LogP contribution is -2.47. The molecule has 0 saturated carbocycles. The summed E-state index contributed by atoms with van der Waals surface area (Å²) in [6.45, 7) is 6.92.